The number of ketones is 1. The third kappa shape index (κ3) is 19.1. The molecule has 506 valence electrons. The number of amides is 10. The van der Waals surface area contributed by atoms with E-state index in [1.807, 2.05) is 13.8 Å². The SMILES string of the molecule is CC(C)C[C@H](N)C(=O)N[C@@H](CCCNC(=N)N)C(=O)N1CCC[C@H]1C(=O)CC(=O)N(C)C(=O)[C@@H](Cc1c[nH]c2ccccc12)NC(=O)[C@H](Cc1ccc(O)cc1)NC(=O)[C@H](CO)NC(=O)[C@H](Cc1c[nH]c2ccccc12)NC(=O)[C@H](Cc1c[nH]cn1)NC(=O)[C@@H]1CCC(=O)N1. The van der Waals surface area contributed by atoms with Crippen molar-refractivity contribution in [2.45, 2.75) is 145 Å². The number of nitrogens with two attached hydrogens (primary N) is 2. The van der Waals surface area contributed by atoms with Crippen molar-refractivity contribution < 1.29 is 63.0 Å². The summed E-state index contributed by atoms with van der Waals surface area (Å²) in [6, 6.07) is 7.92. The summed E-state index contributed by atoms with van der Waals surface area (Å²) in [5.41, 5.74) is 14.9. The van der Waals surface area contributed by atoms with Crippen LogP contribution >= 0.6 is 0 Å². The van der Waals surface area contributed by atoms with Crippen LogP contribution in [-0.2, 0) is 78.4 Å². The van der Waals surface area contributed by atoms with Crippen LogP contribution in [0.25, 0.3) is 21.8 Å². The van der Waals surface area contributed by atoms with Gasteiger partial charge < -0.3 is 84.1 Å². The predicted octanol–water partition coefficient (Wildman–Crippen LogP) is -0.900. The second-order valence-corrected chi connectivity index (χ2v) is 24.3. The highest BCUT2D eigenvalue weighted by Gasteiger charge is 2.41. The Morgan fingerprint density at radius 3 is 1.86 bits per heavy atom. The summed E-state index contributed by atoms with van der Waals surface area (Å²) in [6.07, 6.45) is 5.93. The molecule has 0 saturated carbocycles. The van der Waals surface area contributed by atoms with Crippen LogP contribution in [0.3, 0.4) is 0 Å². The Morgan fingerprint density at radius 2 is 1.28 bits per heavy atom. The van der Waals surface area contributed by atoms with Crippen LogP contribution in [0.4, 0.5) is 0 Å². The maximum atomic E-state index is 15.0. The second-order valence-electron chi connectivity index (χ2n) is 24.3. The number of benzene rings is 3. The molecule has 30 heteroatoms. The molecule has 0 spiro atoms. The summed E-state index contributed by atoms with van der Waals surface area (Å²) in [5.74, 6) is -9.05. The number of aliphatic hydroxyl groups excluding tert-OH is 1. The number of aromatic nitrogens is 4. The Hall–Kier alpha value is -10.5. The van der Waals surface area contributed by atoms with Crippen molar-refractivity contribution in [3.05, 3.63) is 120 Å². The average molecular weight is 1310 g/mol. The molecule has 5 heterocycles. The number of nitrogens with one attached hydrogen (secondary N) is 12. The number of hydrogen-bond acceptors (Lipinski definition) is 16. The van der Waals surface area contributed by atoms with Crippen LogP contribution in [-0.4, -0.2) is 192 Å². The smallest absolute Gasteiger partial charge is 0.251 e. The van der Waals surface area contributed by atoms with Crippen LogP contribution in [0.15, 0.2) is 97.7 Å². The number of Topliss-reactive ketones (excluding diaryl/α,β-unsaturated/α-hetero) is 1. The van der Waals surface area contributed by atoms with E-state index >= 15 is 0 Å². The van der Waals surface area contributed by atoms with E-state index in [1.54, 1.807) is 60.9 Å². The molecule has 30 nitrogen and oxygen atoms in total. The Balaban J connectivity index is 1.01. The number of aromatic hydroxyl groups is 1. The molecule has 9 atom stereocenters. The van der Waals surface area contributed by atoms with Gasteiger partial charge in [-0.25, -0.2) is 4.98 Å². The fraction of sp³-hybridized carbons (Fsp3) is 0.431. The van der Waals surface area contributed by atoms with Gasteiger partial charge in [-0.05, 0) is 85.4 Å². The highest BCUT2D eigenvalue weighted by Crippen LogP contribution is 2.25. The molecule has 0 unspecified atom stereocenters. The first-order valence-electron chi connectivity index (χ1n) is 31.5. The summed E-state index contributed by atoms with van der Waals surface area (Å²) >= 11 is 0. The zero-order chi connectivity index (χ0) is 68.5. The van der Waals surface area contributed by atoms with Crippen LogP contribution in [0.2, 0.25) is 0 Å². The number of likely N-dealkylation sites (N-methyl/N-ethyl adjacent to an activating group) is 1. The molecule has 0 aliphatic carbocycles. The third-order valence-corrected chi connectivity index (χ3v) is 16.8. The molecule has 2 aliphatic heterocycles. The number of phenolic OH excluding ortho intramolecular Hbond substituents is 1. The third-order valence-electron chi connectivity index (χ3n) is 16.8. The van der Waals surface area contributed by atoms with Gasteiger partial charge >= 0.3 is 0 Å². The molecule has 8 rings (SSSR count). The van der Waals surface area contributed by atoms with E-state index in [-0.39, 0.29) is 94.4 Å². The lowest BCUT2D eigenvalue weighted by atomic mass is 10.0. The van der Waals surface area contributed by atoms with Gasteiger partial charge in [-0.2, -0.15) is 0 Å². The van der Waals surface area contributed by atoms with E-state index in [0.717, 1.165) is 7.05 Å². The number of aliphatic hydroxyl groups is 1. The van der Waals surface area contributed by atoms with Crippen LogP contribution in [0, 0.1) is 11.3 Å². The number of imide groups is 1. The molecule has 10 amide bonds. The highest BCUT2D eigenvalue weighted by molar-refractivity contribution is 6.09. The maximum absolute atomic E-state index is 15.0. The number of H-pyrrole nitrogens is 3. The summed E-state index contributed by atoms with van der Waals surface area (Å²) in [6.45, 7) is 3.06. The molecule has 3 aromatic heterocycles. The lowest BCUT2D eigenvalue weighted by Gasteiger charge is -2.30. The molecule has 95 heavy (non-hydrogen) atoms. The Kier molecular flexibility index (Phi) is 24.4. The lowest BCUT2D eigenvalue weighted by Crippen LogP contribution is -2.61. The lowest BCUT2D eigenvalue weighted by molar-refractivity contribution is -0.148. The topological polar surface area (TPSA) is 467 Å². The number of aromatic amines is 3. The number of guanidine groups is 1. The highest BCUT2D eigenvalue weighted by atomic mass is 16.3. The number of imidazole rings is 1. The normalized spacial score (nSPS) is 16.7. The predicted molar refractivity (Wildman–Crippen MR) is 347 cm³/mol. The summed E-state index contributed by atoms with van der Waals surface area (Å²) in [7, 11) is 1.13. The van der Waals surface area contributed by atoms with Gasteiger partial charge in [0.05, 0.1) is 37.1 Å². The summed E-state index contributed by atoms with van der Waals surface area (Å²) < 4.78 is 0. The number of phenols is 1. The van der Waals surface area contributed by atoms with Gasteiger partial charge in [0, 0.05) is 92.6 Å². The van der Waals surface area contributed by atoms with E-state index in [2.05, 4.69) is 62.5 Å². The van der Waals surface area contributed by atoms with E-state index in [4.69, 9.17) is 16.9 Å². The van der Waals surface area contributed by atoms with Gasteiger partial charge in [0.25, 0.3) is 5.91 Å². The van der Waals surface area contributed by atoms with Gasteiger partial charge in [-0.1, -0.05) is 62.4 Å². The molecule has 0 radical (unpaired) electrons. The Labute approximate surface area is 546 Å². The number of carbonyl (C=O) groups excluding carboxylic acids is 11. The van der Waals surface area contributed by atoms with Crippen molar-refractivity contribution >= 4 is 92.6 Å². The quantitative estimate of drug-likeness (QED) is 0.0105. The van der Waals surface area contributed by atoms with Crippen molar-refractivity contribution in [1.29, 1.82) is 5.41 Å². The zero-order valence-electron chi connectivity index (χ0n) is 53.0. The van der Waals surface area contributed by atoms with Crippen molar-refractivity contribution in [1.82, 2.24) is 72.3 Å². The first kappa shape index (κ1) is 70.4. The van der Waals surface area contributed by atoms with Crippen LogP contribution in [0.1, 0.15) is 87.6 Å². The molecule has 2 fully saturated rings. The molecular weight excluding hydrogens is 1230 g/mol. The van der Waals surface area contributed by atoms with Gasteiger partial charge in [0.15, 0.2) is 11.7 Å². The molecular formula is C65H83N17O13. The second kappa shape index (κ2) is 32.9. The van der Waals surface area contributed by atoms with E-state index in [0.29, 0.717) is 61.9 Å². The maximum Gasteiger partial charge on any atom is 0.251 e. The standard InChI is InChI=1S/C65H83N17O13/c1-35(2)24-43(66)57(88)75-47(14-8-22-70-65(67)68)64(95)82-23-9-15-53(82)54(85)29-56(87)81(3)63(94)51(27-38-31-72-45-13-7-5-11-42(38)45)79-59(90)48(25-36-16-18-40(84)19-17-36)76-62(93)52(33-83)80-60(91)49(26-37-30-71-44-12-6-4-10-41(37)44)77-61(92)50(28-39-32-69-34-73-39)78-58(89)46-20-21-55(86)74-46/h4-7,10-13,16-19,30-32,34-35,43,46-53,71-72,83-84H,8-9,14-15,20-29,33,66H2,1-3H3,(H,69,73)(H,74,86)(H,75,88)(H,76,93)(H,77,92)(H,78,89)(H,79,90)(H,80,91)(H4,67,68,70)/t43-,46-,47-,48-,49-,50-,51+,52-,53-/m0/s1. The summed E-state index contributed by atoms with van der Waals surface area (Å²) in [5, 5.41) is 51.1. The zero-order valence-corrected chi connectivity index (χ0v) is 53.0. The van der Waals surface area contributed by atoms with E-state index in [9.17, 15) is 63.0 Å². The Bertz CT molecular complexity index is 3760. The first-order valence-corrected chi connectivity index (χ1v) is 31.5. The Morgan fingerprint density at radius 1 is 0.716 bits per heavy atom. The van der Waals surface area contributed by atoms with Gasteiger partial charge in [-0.3, -0.25) is 63.0 Å². The number of nitrogens with zero attached hydrogens (tertiary/aromatic N) is 3. The number of likely N-dealkylation sites (tertiary alicyclic amines) is 1. The molecule has 0 bridgehead atoms. The number of para-hydroxylation sites is 2. The molecule has 6 aromatic rings. The van der Waals surface area contributed by atoms with Crippen LogP contribution in [0.5, 0.6) is 5.75 Å². The monoisotopic (exact) mass is 1310 g/mol. The molecule has 18 N–H and O–H groups in total. The van der Waals surface area contributed by atoms with Crippen LogP contribution < -0.4 is 54.0 Å². The average Bonchev–Trinajstić information content (AvgIpc) is 1.78. The molecule has 2 aliphatic rings. The molecule has 2 saturated heterocycles. The van der Waals surface area contributed by atoms with E-state index < -0.39 is 126 Å². The number of carbonyl (C=O) groups is 11. The van der Waals surface area contributed by atoms with E-state index in [1.165, 1.54) is 41.7 Å². The fourth-order valence-electron chi connectivity index (χ4n) is 11.7. The van der Waals surface area contributed by atoms with Gasteiger partial charge in [0.2, 0.25) is 53.2 Å². The number of fused-ring (bicyclic) bond motifs is 2. The van der Waals surface area contributed by atoms with Crippen molar-refractivity contribution in [2.75, 3.05) is 26.7 Å². The minimum absolute atomic E-state index is 0.0668. The fourth-order valence-corrected chi connectivity index (χ4v) is 11.7. The van der Waals surface area contributed by atoms with Crippen molar-refractivity contribution in [2.24, 2.45) is 17.4 Å². The van der Waals surface area contributed by atoms with Gasteiger partial charge in [0.1, 0.15) is 48.0 Å². The van der Waals surface area contributed by atoms with Crippen molar-refractivity contribution in [3.8, 4) is 5.75 Å². The summed E-state index contributed by atoms with van der Waals surface area (Å²) in [4.78, 5) is 170. The number of rotatable bonds is 32. The molecule has 3 aromatic carbocycles. The number of hydrogen-bond donors (Lipinski definition) is 16. The van der Waals surface area contributed by atoms with Crippen molar-refractivity contribution in [3.63, 3.8) is 0 Å². The van der Waals surface area contributed by atoms with Gasteiger partial charge in [-0.15, -0.1) is 0 Å². The minimum Gasteiger partial charge on any atom is -0.508 e. The first-order chi connectivity index (χ1) is 45.5. The largest absolute Gasteiger partial charge is 0.508 e. The minimum atomic E-state index is -1.81.